The first kappa shape index (κ1) is 9.40. The number of rotatable bonds is 2. The van der Waals surface area contributed by atoms with Gasteiger partial charge in [0.2, 0.25) is 5.95 Å². The molecule has 1 aliphatic rings. The minimum absolute atomic E-state index is 0.527. The Hall–Kier alpha value is -1.16. The van der Waals surface area contributed by atoms with Crippen LogP contribution in [0.4, 0.5) is 5.95 Å². The van der Waals surface area contributed by atoms with E-state index in [1.54, 1.807) is 0 Å². The molecule has 0 saturated heterocycles. The molecule has 0 aromatic carbocycles. The molecule has 0 saturated carbocycles. The van der Waals surface area contributed by atoms with Crippen molar-refractivity contribution in [2.75, 3.05) is 5.43 Å². The van der Waals surface area contributed by atoms with Gasteiger partial charge in [0.15, 0.2) is 0 Å². The number of hydrogen-bond acceptors (Lipinski definition) is 4. The molecule has 76 valence electrons. The fraction of sp³-hybridized carbons (Fsp3) is 0.600. The van der Waals surface area contributed by atoms with Gasteiger partial charge in [0.25, 0.3) is 0 Å². The van der Waals surface area contributed by atoms with Gasteiger partial charge in [0.05, 0.1) is 0 Å². The lowest BCUT2D eigenvalue weighted by molar-refractivity contribution is 0.439. The molecule has 14 heavy (non-hydrogen) atoms. The molecule has 0 fully saturated rings. The molecule has 1 aromatic rings. The fourth-order valence-electron chi connectivity index (χ4n) is 2.00. The van der Waals surface area contributed by atoms with Gasteiger partial charge < -0.3 is 0 Å². The summed E-state index contributed by atoms with van der Waals surface area (Å²) in [5, 5.41) is 0. The van der Waals surface area contributed by atoms with Crippen molar-refractivity contribution in [3.05, 3.63) is 17.5 Å². The second-order valence-corrected chi connectivity index (χ2v) is 3.83. The number of aromatic nitrogens is 2. The number of anilines is 1. The summed E-state index contributed by atoms with van der Waals surface area (Å²) in [7, 11) is 0. The van der Waals surface area contributed by atoms with E-state index in [0.717, 1.165) is 24.5 Å². The van der Waals surface area contributed by atoms with Crippen molar-refractivity contribution in [1.29, 1.82) is 0 Å². The van der Waals surface area contributed by atoms with Gasteiger partial charge in [0, 0.05) is 11.9 Å². The summed E-state index contributed by atoms with van der Waals surface area (Å²) in [5.74, 6) is 6.60. The zero-order valence-corrected chi connectivity index (χ0v) is 8.45. The van der Waals surface area contributed by atoms with Crippen LogP contribution in [0.25, 0.3) is 0 Å². The monoisotopic (exact) mass is 192 g/mol. The zero-order chi connectivity index (χ0) is 9.97. The molecule has 1 atom stereocenters. The topological polar surface area (TPSA) is 63.8 Å². The van der Waals surface area contributed by atoms with Crippen LogP contribution in [0.5, 0.6) is 0 Å². The number of nitrogens with one attached hydrogen (secondary N) is 1. The molecule has 0 aliphatic heterocycles. The molecular weight excluding hydrogens is 176 g/mol. The average molecular weight is 192 g/mol. The number of fused-ring (bicyclic) bond motifs is 1. The molecule has 1 aromatic heterocycles. The van der Waals surface area contributed by atoms with E-state index >= 15 is 0 Å². The fourth-order valence-corrected chi connectivity index (χ4v) is 2.00. The lowest BCUT2D eigenvalue weighted by atomic mass is 9.86. The summed E-state index contributed by atoms with van der Waals surface area (Å²) in [4.78, 5) is 8.49. The predicted molar refractivity (Wildman–Crippen MR) is 55.6 cm³/mol. The SMILES string of the molecule is CCC1CCc2nc(NN)ncc2C1. The predicted octanol–water partition coefficient (Wildman–Crippen LogP) is 1.28. The summed E-state index contributed by atoms with van der Waals surface area (Å²) in [5.41, 5.74) is 4.94. The minimum Gasteiger partial charge on any atom is -0.292 e. The lowest BCUT2D eigenvalue weighted by Crippen LogP contribution is -2.18. The van der Waals surface area contributed by atoms with Crippen LogP contribution in [-0.2, 0) is 12.8 Å². The number of nitrogen functional groups attached to an aromatic ring is 1. The molecule has 1 heterocycles. The Morgan fingerprint density at radius 1 is 1.64 bits per heavy atom. The smallest absolute Gasteiger partial charge is 0.237 e. The van der Waals surface area contributed by atoms with Crippen LogP contribution in [0.2, 0.25) is 0 Å². The summed E-state index contributed by atoms with van der Waals surface area (Å²) >= 11 is 0. The Kier molecular flexibility index (Phi) is 2.63. The Bertz CT molecular complexity index is 324. The van der Waals surface area contributed by atoms with E-state index in [0.29, 0.717) is 5.95 Å². The van der Waals surface area contributed by atoms with Crippen molar-refractivity contribution in [3.63, 3.8) is 0 Å². The van der Waals surface area contributed by atoms with Gasteiger partial charge in [-0.1, -0.05) is 13.3 Å². The third-order valence-electron chi connectivity index (χ3n) is 2.96. The van der Waals surface area contributed by atoms with Crippen LogP contribution in [0.3, 0.4) is 0 Å². The van der Waals surface area contributed by atoms with Gasteiger partial charge in [-0.05, 0) is 30.7 Å². The first-order valence-corrected chi connectivity index (χ1v) is 5.15. The van der Waals surface area contributed by atoms with Crippen LogP contribution in [0.1, 0.15) is 31.0 Å². The quantitative estimate of drug-likeness (QED) is 0.547. The highest BCUT2D eigenvalue weighted by Gasteiger charge is 2.18. The van der Waals surface area contributed by atoms with Crippen molar-refractivity contribution in [2.24, 2.45) is 11.8 Å². The maximum atomic E-state index is 5.26. The number of hydrazine groups is 1. The lowest BCUT2D eigenvalue weighted by Gasteiger charge is -2.22. The second kappa shape index (κ2) is 3.92. The van der Waals surface area contributed by atoms with Crippen LogP contribution in [0, 0.1) is 5.92 Å². The van der Waals surface area contributed by atoms with E-state index in [4.69, 9.17) is 5.84 Å². The highest BCUT2D eigenvalue weighted by Crippen LogP contribution is 2.26. The summed E-state index contributed by atoms with van der Waals surface area (Å²) < 4.78 is 0. The highest BCUT2D eigenvalue weighted by molar-refractivity contribution is 5.30. The molecule has 0 radical (unpaired) electrons. The van der Waals surface area contributed by atoms with Gasteiger partial charge in [-0.15, -0.1) is 0 Å². The van der Waals surface area contributed by atoms with Gasteiger partial charge >= 0.3 is 0 Å². The molecule has 0 spiro atoms. The maximum absolute atomic E-state index is 5.26. The van der Waals surface area contributed by atoms with Crippen molar-refractivity contribution >= 4 is 5.95 Å². The van der Waals surface area contributed by atoms with Crippen LogP contribution in [-0.4, -0.2) is 9.97 Å². The van der Waals surface area contributed by atoms with Crippen LogP contribution in [0.15, 0.2) is 6.20 Å². The van der Waals surface area contributed by atoms with Crippen molar-refractivity contribution in [2.45, 2.75) is 32.6 Å². The molecular formula is C10H16N4. The Morgan fingerprint density at radius 3 is 3.21 bits per heavy atom. The van der Waals surface area contributed by atoms with E-state index in [9.17, 15) is 0 Å². The maximum Gasteiger partial charge on any atom is 0.237 e. The molecule has 3 N–H and O–H groups in total. The van der Waals surface area contributed by atoms with E-state index in [1.165, 1.54) is 18.4 Å². The summed E-state index contributed by atoms with van der Waals surface area (Å²) in [6.45, 7) is 2.24. The zero-order valence-electron chi connectivity index (χ0n) is 8.45. The van der Waals surface area contributed by atoms with E-state index in [-0.39, 0.29) is 0 Å². The molecule has 0 amide bonds. The van der Waals surface area contributed by atoms with Crippen molar-refractivity contribution in [1.82, 2.24) is 9.97 Å². The van der Waals surface area contributed by atoms with Gasteiger partial charge in [-0.2, -0.15) is 0 Å². The van der Waals surface area contributed by atoms with Gasteiger partial charge in [0.1, 0.15) is 0 Å². The average Bonchev–Trinajstić information content (AvgIpc) is 2.27. The normalized spacial score (nSPS) is 20.3. The molecule has 2 rings (SSSR count). The molecule has 4 nitrogen and oxygen atoms in total. The largest absolute Gasteiger partial charge is 0.292 e. The second-order valence-electron chi connectivity index (χ2n) is 3.83. The van der Waals surface area contributed by atoms with Crippen LogP contribution < -0.4 is 11.3 Å². The van der Waals surface area contributed by atoms with E-state index < -0.39 is 0 Å². The third-order valence-corrected chi connectivity index (χ3v) is 2.96. The molecule has 4 heteroatoms. The van der Waals surface area contributed by atoms with Gasteiger partial charge in [-0.3, -0.25) is 5.43 Å². The van der Waals surface area contributed by atoms with Crippen molar-refractivity contribution < 1.29 is 0 Å². The first-order chi connectivity index (χ1) is 6.83. The number of aryl methyl sites for hydroxylation is 1. The third kappa shape index (κ3) is 1.70. The van der Waals surface area contributed by atoms with Gasteiger partial charge in [-0.25, -0.2) is 15.8 Å². The number of nitrogens with two attached hydrogens (primary N) is 1. The van der Waals surface area contributed by atoms with Crippen LogP contribution >= 0.6 is 0 Å². The summed E-state index contributed by atoms with van der Waals surface area (Å²) in [6, 6.07) is 0. The van der Waals surface area contributed by atoms with E-state index in [1.807, 2.05) is 6.20 Å². The Balaban J connectivity index is 2.23. The first-order valence-electron chi connectivity index (χ1n) is 5.15. The number of nitrogens with zero attached hydrogens (tertiary/aromatic N) is 2. The summed E-state index contributed by atoms with van der Waals surface area (Å²) in [6.07, 6.45) is 6.57. The molecule has 0 bridgehead atoms. The molecule has 1 unspecified atom stereocenters. The highest BCUT2D eigenvalue weighted by atomic mass is 15.3. The van der Waals surface area contributed by atoms with Crippen molar-refractivity contribution in [3.8, 4) is 0 Å². The minimum atomic E-state index is 0.527. The molecule has 1 aliphatic carbocycles. The number of hydrogen-bond donors (Lipinski definition) is 2. The Morgan fingerprint density at radius 2 is 2.50 bits per heavy atom. The van der Waals surface area contributed by atoms with E-state index in [2.05, 4.69) is 22.3 Å². The standard InChI is InChI=1S/C10H16N4/c1-2-7-3-4-9-8(5-7)6-12-10(13-9)14-11/h6-7H,2-5,11H2,1H3,(H,12,13,14). The Labute approximate surface area is 83.9 Å².